The number of amides is 1. The van der Waals surface area contributed by atoms with Crippen molar-refractivity contribution >= 4 is 29.0 Å². The van der Waals surface area contributed by atoms with Crippen molar-refractivity contribution in [3.63, 3.8) is 0 Å². The molecule has 0 saturated heterocycles. The number of carboxylic acid groups (broad SMARTS) is 1. The zero-order valence-electron chi connectivity index (χ0n) is 13.2. The quantitative estimate of drug-likeness (QED) is 0.463. The zero-order valence-corrected chi connectivity index (χ0v) is 14.0. The molecule has 4 N–H and O–H groups in total. The van der Waals surface area contributed by atoms with Gasteiger partial charge in [-0.2, -0.15) is 0 Å². The molecular weight excluding hydrogens is 358 g/mol. The standard InChI is InChI=1S/C13H16BFN2O7S/c1-25(22,23)16-5-4-10(18)17-9-6-7-2-3-8(15)11(13(19)20)12(7)24-14(9)21/h2-3,9,16,21H,4-6H2,1H3,(H,17,18)(H,19,20)/t9-/m0/s1. The van der Waals surface area contributed by atoms with Crippen LogP contribution in [0.25, 0.3) is 0 Å². The number of hydrogen-bond acceptors (Lipinski definition) is 6. The number of carboxylic acids is 1. The molecular formula is C13H16BFN2O7S. The molecule has 0 aliphatic carbocycles. The second kappa shape index (κ2) is 7.37. The Bertz CT molecular complexity index is 802. The average molecular weight is 374 g/mol. The summed E-state index contributed by atoms with van der Waals surface area (Å²) in [6, 6.07) is 2.28. The average Bonchev–Trinajstić information content (AvgIpc) is 2.46. The fourth-order valence-corrected chi connectivity index (χ4v) is 2.86. The molecule has 0 spiro atoms. The van der Waals surface area contributed by atoms with Crippen LogP contribution >= 0.6 is 0 Å². The first-order valence-electron chi connectivity index (χ1n) is 7.22. The zero-order chi connectivity index (χ0) is 18.8. The van der Waals surface area contributed by atoms with Crippen LogP contribution in [0.15, 0.2) is 12.1 Å². The maximum Gasteiger partial charge on any atom is 0.547 e. The van der Waals surface area contributed by atoms with Gasteiger partial charge >= 0.3 is 13.1 Å². The summed E-state index contributed by atoms with van der Waals surface area (Å²) in [4.78, 5) is 22.9. The molecule has 1 heterocycles. The molecule has 9 nitrogen and oxygen atoms in total. The van der Waals surface area contributed by atoms with E-state index in [4.69, 9.17) is 9.76 Å². The van der Waals surface area contributed by atoms with Crippen molar-refractivity contribution in [2.45, 2.75) is 18.8 Å². The molecule has 2 rings (SSSR count). The lowest BCUT2D eigenvalue weighted by molar-refractivity contribution is -0.121. The summed E-state index contributed by atoms with van der Waals surface area (Å²) in [5.74, 6) is -4.22. The monoisotopic (exact) mass is 374 g/mol. The minimum atomic E-state index is -3.42. The summed E-state index contributed by atoms with van der Waals surface area (Å²) in [7, 11) is -4.99. The summed E-state index contributed by atoms with van der Waals surface area (Å²) in [6.07, 6.45) is 0.828. The topological polar surface area (TPSA) is 142 Å². The largest absolute Gasteiger partial charge is 0.547 e. The molecule has 136 valence electrons. The fraction of sp³-hybridized carbons (Fsp3) is 0.385. The number of aromatic carboxylic acids is 1. The third kappa shape index (κ3) is 4.90. The molecule has 0 radical (unpaired) electrons. The van der Waals surface area contributed by atoms with Crippen molar-refractivity contribution < 1.29 is 37.2 Å². The van der Waals surface area contributed by atoms with E-state index < -0.39 is 46.3 Å². The molecule has 1 aliphatic heterocycles. The molecule has 1 aliphatic rings. The predicted octanol–water partition coefficient (Wildman–Crippen LogP) is -1.10. The van der Waals surface area contributed by atoms with Crippen LogP contribution in [-0.4, -0.2) is 56.3 Å². The van der Waals surface area contributed by atoms with Gasteiger partial charge in [0.05, 0.1) is 12.2 Å². The highest BCUT2D eigenvalue weighted by molar-refractivity contribution is 7.88. The molecule has 1 amide bonds. The van der Waals surface area contributed by atoms with E-state index in [-0.39, 0.29) is 25.1 Å². The van der Waals surface area contributed by atoms with Gasteiger partial charge in [0.25, 0.3) is 0 Å². The summed E-state index contributed by atoms with van der Waals surface area (Å²) < 4.78 is 42.7. The Kier molecular flexibility index (Phi) is 5.65. The van der Waals surface area contributed by atoms with Crippen molar-refractivity contribution in [3.8, 4) is 5.75 Å². The van der Waals surface area contributed by atoms with E-state index in [1.54, 1.807) is 0 Å². The van der Waals surface area contributed by atoms with Gasteiger partial charge in [-0.1, -0.05) is 6.07 Å². The number of fused-ring (bicyclic) bond motifs is 1. The van der Waals surface area contributed by atoms with Crippen LogP contribution in [0.4, 0.5) is 4.39 Å². The SMILES string of the molecule is CS(=O)(=O)NCCC(=O)N[C@H]1Cc2ccc(F)c(C(=O)O)c2OB1O. The van der Waals surface area contributed by atoms with Gasteiger partial charge in [0, 0.05) is 13.0 Å². The number of carbonyl (C=O) groups is 2. The second-order valence-electron chi connectivity index (χ2n) is 5.52. The summed E-state index contributed by atoms with van der Waals surface area (Å²) in [6.45, 7) is -0.112. The van der Waals surface area contributed by atoms with Gasteiger partial charge in [0.15, 0.2) is 0 Å². The van der Waals surface area contributed by atoms with Gasteiger partial charge in [-0.15, -0.1) is 0 Å². The Morgan fingerprint density at radius 3 is 2.72 bits per heavy atom. The normalized spacial score (nSPS) is 16.8. The summed E-state index contributed by atoms with van der Waals surface area (Å²) in [5.41, 5.74) is -0.359. The molecule has 0 bridgehead atoms. The predicted molar refractivity (Wildman–Crippen MR) is 85.1 cm³/mol. The highest BCUT2D eigenvalue weighted by Gasteiger charge is 2.38. The Morgan fingerprint density at radius 1 is 1.44 bits per heavy atom. The Morgan fingerprint density at radius 2 is 2.12 bits per heavy atom. The minimum absolute atomic E-state index is 0.0301. The van der Waals surface area contributed by atoms with Crippen LogP contribution in [0.1, 0.15) is 22.3 Å². The molecule has 0 saturated carbocycles. The minimum Gasteiger partial charge on any atom is -0.534 e. The fourth-order valence-electron chi connectivity index (χ4n) is 2.39. The molecule has 12 heteroatoms. The molecule has 1 atom stereocenters. The van der Waals surface area contributed by atoms with E-state index in [0.29, 0.717) is 5.56 Å². The van der Waals surface area contributed by atoms with Gasteiger partial charge in [-0.05, 0) is 18.1 Å². The third-order valence-electron chi connectivity index (χ3n) is 3.49. The first-order valence-corrected chi connectivity index (χ1v) is 9.11. The summed E-state index contributed by atoms with van der Waals surface area (Å²) in [5, 5.41) is 21.5. The van der Waals surface area contributed by atoms with Crippen molar-refractivity contribution in [2.75, 3.05) is 12.8 Å². The lowest BCUT2D eigenvalue weighted by Gasteiger charge is -2.29. The lowest BCUT2D eigenvalue weighted by Crippen LogP contribution is -2.53. The van der Waals surface area contributed by atoms with Crippen LogP contribution in [0, 0.1) is 5.82 Å². The number of nitrogens with one attached hydrogen (secondary N) is 2. The third-order valence-corrected chi connectivity index (χ3v) is 4.22. The highest BCUT2D eigenvalue weighted by Crippen LogP contribution is 2.31. The van der Waals surface area contributed by atoms with Crippen LogP contribution in [0.5, 0.6) is 5.75 Å². The number of rotatable bonds is 6. The van der Waals surface area contributed by atoms with E-state index in [1.807, 2.05) is 0 Å². The van der Waals surface area contributed by atoms with Crippen molar-refractivity contribution in [1.29, 1.82) is 0 Å². The van der Waals surface area contributed by atoms with Gasteiger partial charge in [0.2, 0.25) is 15.9 Å². The number of sulfonamides is 1. The summed E-state index contributed by atoms with van der Waals surface area (Å²) >= 11 is 0. The van der Waals surface area contributed by atoms with E-state index in [0.717, 1.165) is 12.3 Å². The van der Waals surface area contributed by atoms with Gasteiger partial charge < -0.3 is 20.1 Å². The first kappa shape index (κ1) is 19.2. The van der Waals surface area contributed by atoms with Crippen molar-refractivity contribution in [3.05, 3.63) is 29.1 Å². The molecule has 1 aromatic carbocycles. The molecule has 0 aromatic heterocycles. The van der Waals surface area contributed by atoms with E-state index >= 15 is 0 Å². The number of benzene rings is 1. The molecule has 25 heavy (non-hydrogen) atoms. The van der Waals surface area contributed by atoms with Crippen LogP contribution in [0.2, 0.25) is 0 Å². The van der Waals surface area contributed by atoms with E-state index in [9.17, 15) is 27.4 Å². The van der Waals surface area contributed by atoms with Crippen LogP contribution in [0.3, 0.4) is 0 Å². The van der Waals surface area contributed by atoms with Gasteiger partial charge in [-0.25, -0.2) is 22.3 Å². The Balaban J connectivity index is 2.06. The first-order chi connectivity index (χ1) is 11.6. The molecule has 1 aromatic rings. The number of carbonyl (C=O) groups excluding carboxylic acids is 1. The van der Waals surface area contributed by atoms with Gasteiger partial charge in [0.1, 0.15) is 17.1 Å². The van der Waals surface area contributed by atoms with Crippen LogP contribution < -0.4 is 14.7 Å². The smallest absolute Gasteiger partial charge is 0.534 e. The maximum atomic E-state index is 13.6. The molecule has 0 fully saturated rings. The van der Waals surface area contributed by atoms with Crippen molar-refractivity contribution in [2.24, 2.45) is 0 Å². The lowest BCUT2D eigenvalue weighted by atomic mass is 9.72. The number of hydrogen-bond donors (Lipinski definition) is 4. The van der Waals surface area contributed by atoms with E-state index in [2.05, 4.69) is 10.0 Å². The van der Waals surface area contributed by atoms with E-state index in [1.165, 1.54) is 6.07 Å². The Labute approximate surface area is 143 Å². The van der Waals surface area contributed by atoms with Crippen LogP contribution in [-0.2, 0) is 21.2 Å². The highest BCUT2D eigenvalue weighted by atomic mass is 32.2. The number of halogens is 1. The second-order valence-corrected chi connectivity index (χ2v) is 7.35. The Hall–Kier alpha value is -2.18. The maximum absolute atomic E-state index is 13.6. The van der Waals surface area contributed by atoms with Gasteiger partial charge in [-0.3, -0.25) is 4.79 Å². The molecule has 0 unspecified atom stereocenters. The van der Waals surface area contributed by atoms with Crippen molar-refractivity contribution in [1.82, 2.24) is 10.0 Å².